The number of fused-ring (bicyclic) bond motifs is 1. The molecule has 18 amide bonds. The van der Waals surface area contributed by atoms with Crippen molar-refractivity contribution >= 4 is 152 Å². The number of primary amides is 1. The zero-order chi connectivity index (χ0) is 101. The van der Waals surface area contributed by atoms with Crippen molar-refractivity contribution in [3.05, 3.63) is 35.9 Å². The van der Waals surface area contributed by atoms with E-state index >= 15 is 33.6 Å². The first-order valence-corrected chi connectivity index (χ1v) is 51.3. The van der Waals surface area contributed by atoms with Crippen LogP contribution < -0.4 is 97.4 Å². The van der Waals surface area contributed by atoms with Gasteiger partial charge in [-0.05, 0) is 178 Å². The Hall–Kier alpha value is -10.7. The van der Waals surface area contributed by atoms with E-state index in [1.54, 1.807) is 64.3 Å². The van der Waals surface area contributed by atoms with Crippen LogP contribution in [0.5, 0.6) is 0 Å². The second-order valence-corrected chi connectivity index (χ2v) is 39.5. The number of carboxylic acids is 1. The fourth-order valence-corrected chi connectivity index (χ4v) is 19.6. The summed E-state index contributed by atoms with van der Waals surface area (Å²) >= 11 is 1.32. The normalized spacial score (nSPS) is 24.9. The Balaban J connectivity index is 1.49. The number of likely N-dealkylation sites (tertiary alicyclic amines) is 3. The monoisotopic (exact) mass is 1980 g/mol. The smallest absolute Gasteiger partial charge is 0.303 e. The predicted molar refractivity (Wildman–Crippen MR) is 511 cm³/mol. The van der Waals surface area contributed by atoms with Crippen molar-refractivity contribution in [1.29, 1.82) is 5.41 Å². The molecule has 5 fully saturated rings. The number of benzene rings is 1. The number of hydrogen-bond donors (Lipinski definition) is 22. The first kappa shape index (κ1) is 115. The summed E-state index contributed by atoms with van der Waals surface area (Å²) < 4.78 is 0. The number of aliphatic carboxylic acids is 1. The lowest BCUT2D eigenvalue weighted by molar-refractivity contribution is -0.150. The van der Waals surface area contributed by atoms with Gasteiger partial charge in [-0.3, -0.25) is 96.5 Å². The zero-order valence-corrected chi connectivity index (χ0v) is 82.1. The summed E-state index contributed by atoms with van der Waals surface area (Å²) in [6.07, 6.45) is 1.42. The number of hydrogen-bond acceptors (Lipinski definition) is 27. The van der Waals surface area contributed by atoms with Crippen molar-refractivity contribution in [2.24, 2.45) is 34.8 Å². The molecule has 6 rings (SSSR count). The summed E-state index contributed by atoms with van der Waals surface area (Å²) in [7, 11) is 1.91. The summed E-state index contributed by atoms with van der Waals surface area (Å²) in [5.41, 5.74) is 23.6. The second kappa shape index (κ2) is 58.9. The van der Waals surface area contributed by atoms with E-state index in [2.05, 4.69) is 74.4 Å². The van der Waals surface area contributed by atoms with Crippen molar-refractivity contribution in [2.75, 3.05) is 75.9 Å². The highest BCUT2D eigenvalue weighted by Gasteiger charge is 2.50. The van der Waals surface area contributed by atoms with Gasteiger partial charge in [-0.15, -0.1) is 0 Å². The lowest BCUT2D eigenvalue weighted by Gasteiger charge is -2.34. The van der Waals surface area contributed by atoms with Crippen LogP contribution in [-0.2, 0) is 97.5 Å². The molecule has 48 heteroatoms. The molecular weight excluding hydrogens is 1840 g/mol. The average molecular weight is 1990 g/mol. The number of thioether (sulfide) groups is 1. The third kappa shape index (κ3) is 36.6. The highest BCUT2D eigenvalue weighted by Crippen LogP contribution is 2.30. The minimum Gasteiger partial charge on any atom is -0.481 e. The van der Waals surface area contributed by atoms with Crippen LogP contribution in [0.2, 0.25) is 0 Å². The topological polar surface area (TPSA) is 694 Å². The van der Waals surface area contributed by atoms with Crippen molar-refractivity contribution in [3.8, 4) is 0 Å². The van der Waals surface area contributed by atoms with Crippen molar-refractivity contribution in [3.63, 3.8) is 0 Å². The van der Waals surface area contributed by atoms with Crippen molar-refractivity contribution < 1.29 is 106 Å². The molecule has 45 nitrogen and oxygen atoms in total. The number of unbranched alkanes of at least 4 members (excludes halogenated alkanes) is 3. The lowest BCUT2D eigenvalue weighted by atomic mass is 10.0. The lowest BCUT2D eigenvalue weighted by Crippen LogP contribution is -2.61. The van der Waals surface area contributed by atoms with Crippen LogP contribution in [0.1, 0.15) is 202 Å². The molecule has 5 saturated heterocycles. The second-order valence-electron chi connectivity index (χ2n) is 35.9. The number of guanidine groups is 1. The number of nitrogens with two attached hydrogens (primary N) is 4. The SMILES string of the molecule is CCCC[C@@H]1NC(=O)[C@H](CCCCN)NC(=O)[C@H](CCCNC(=N)N)NC(=O)[C@H](CC(C)C)NC(=O)C(NC(=O)[C@H](CCSC)NC(=O)[C@@H]2CCCN2C(=O)[C@@H](NC(C)=O)C(C)C)CCSSC[C@@H](C(=O)NC(CCCCN)C(=O)N2CCC(O)[C@H]2C(=O)N2CCC[C@H]2C(=O)N[C@@H](CCC(=O)O)C(N)=O)NC(=O)[C@H](Cc2ccccc2)NC(=O)[C@H](CO)NC(=O)C(C)NC(=O)[C@@H]2CCCN2C1=O. The van der Waals surface area contributed by atoms with Crippen LogP contribution in [0.15, 0.2) is 30.3 Å². The van der Waals surface area contributed by atoms with Crippen LogP contribution >= 0.6 is 33.3 Å². The molecule has 5 heterocycles. The molecule has 137 heavy (non-hydrogen) atoms. The van der Waals surface area contributed by atoms with E-state index in [9.17, 15) is 72.9 Å². The third-order valence-corrected chi connectivity index (χ3v) is 27.5. The number of carbonyl (C=O) groups is 19. The number of aliphatic hydroxyl groups is 2. The number of amides is 18. The summed E-state index contributed by atoms with van der Waals surface area (Å²) in [6.45, 7) is 10.4. The van der Waals surface area contributed by atoms with Crippen LogP contribution in [0.25, 0.3) is 0 Å². The highest BCUT2D eigenvalue weighted by atomic mass is 33.1. The number of rotatable bonds is 40. The van der Waals surface area contributed by atoms with Crippen molar-refractivity contribution in [1.82, 2.24) is 94.0 Å². The molecule has 1 aromatic carbocycles. The number of nitrogens with one attached hydrogen (secondary N) is 15. The van der Waals surface area contributed by atoms with Gasteiger partial charge in [-0.1, -0.05) is 99.4 Å². The molecule has 0 bridgehead atoms. The molecule has 0 spiro atoms. The molecule has 0 aliphatic carbocycles. The maximum atomic E-state index is 15.6. The quantitative estimate of drug-likeness (QED) is 0.0128. The minimum absolute atomic E-state index is 0.0150. The molecule has 0 radical (unpaired) electrons. The van der Waals surface area contributed by atoms with Gasteiger partial charge in [0.25, 0.3) is 0 Å². The van der Waals surface area contributed by atoms with Gasteiger partial charge >= 0.3 is 5.97 Å². The van der Waals surface area contributed by atoms with Gasteiger partial charge in [0.1, 0.15) is 103 Å². The first-order chi connectivity index (χ1) is 65.2. The largest absolute Gasteiger partial charge is 0.481 e. The molecule has 1 aromatic rings. The molecule has 5 aliphatic rings. The third-order valence-electron chi connectivity index (χ3n) is 24.4. The first-order valence-electron chi connectivity index (χ1n) is 47.4. The average Bonchev–Trinajstić information content (AvgIpc) is 1.64. The van der Waals surface area contributed by atoms with E-state index in [4.69, 9.17) is 28.3 Å². The predicted octanol–water partition coefficient (Wildman–Crippen LogP) is -4.20. The van der Waals surface area contributed by atoms with E-state index in [0.29, 0.717) is 37.7 Å². The molecule has 5 aliphatic heterocycles. The molecular formula is C89H145N23O22S3. The van der Waals surface area contributed by atoms with Gasteiger partial charge in [-0.2, -0.15) is 11.8 Å². The van der Waals surface area contributed by atoms with E-state index < -0.39 is 258 Å². The Kier molecular flexibility index (Phi) is 49.5. The van der Waals surface area contributed by atoms with Gasteiger partial charge in [0.2, 0.25) is 106 Å². The Labute approximate surface area is 811 Å². The molecule has 4 unspecified atom stereocenters. The van der Waals surface area contributed by atoms with Crippen LogP contribution in [0.3, 0.4) is 0 Å². The Morgan fingerprint density at radius 2 is 1.15 bits per heavy atom. The maximum absolute atomic E-state index is 15.6. The maximum Gasteiger partial charge on any atom is 0.303 e. The molecule has 766 valence electrons. The summed E-state index contributed by atoms with van der Waals surface area (Å²) in [6, 6.07) is -16.5. The molecule has 0 saturated carbocycles. The zero-order valence-electron chi connectivity index (χ0n) is 79.6. The van der Waals surface area contributed by atoms with E-state index in [1.165, 1.54) is 35.4 Å². The number of carbonyl (C=O) groups excluding carboxylic acids is 18. The van der Waals surface area contributed by atoms with Gasteiger partial charge < -0.3 is 132 Å². The van der Waals surface area contributed by atoms with E-state index in [0.717, 1.165) is 31.4 Å². The number of aliphatic hydroxyl groups excluding tert-OH is 2. The van der Waals surface area contributed by atoms with Gasteiger partial charge in [0, 0.05) is 64.0 Å². The van der Waals surface area contributed by atoms with Crippen LogP contribution in [0, 0.1) is 17.2 Å². The Bertz CT molecular complexity index is 4300. The van der Waals surface area contributed by atoms with E-state index in [-0.39, 0.29) is 173 Å². The van der Waals surface area contributed by atoms with Gasteiger partial charge in [-0.25, -0.2) is 0 Å². The van der Waals surface area contributed by atoms with Crippen LogP contribution in [0.4, 0.5) is 0 Å². The summed E-state index contributed by atoms with van der Waals surface area (Å²) in [5.74, 6) is -18.4. The number of nitrogens with zero attached hydrogens (tertiary/aromatic N) is 4. The minimum atomic E-state index is -1.85. The summed E-state index contributed by atoms with van der Waals surface area (Å²) in [4.78, 5) is 280. The van der Waals surface area contributed by atoms with E-state index in [1.807, 2.05) is 6.92 Å². The molecule has 0 aromatic heterocycles. The molecule has 18 atom stereocenters. The van der Waals surface area contributed by atoms with Crippen LogP contribution in [-0.4, -0.2) is 338 Å². The standard InChI is InChI=1S/C89H145N23O22S3/c1-9-10-24-59-85(131)109-39-19-28-65(109)82(128)96-51(6)73(119)107-63(47-113)80(126)106-62(46-53-22-12-11-13-23-53)79(125)108-64(81(127)104-60(26-15-17-37-91)86(132)112-42-33-68(115)71(112)88(134)111-41-21-30-67(111)83(129)98-54(72(92)118)31-32-69(116)117)48-137-136-44-35-58(101-76(122)57(34-43-135-8)102-84(130)66-29-20-40-110(66)87(133)70(50(4)5)97-52(7)114)77(123)105-61(45-49(2)3)78(124)100-56(27-18-38-95-89(93)94)74(120)99-55(75(121)103-59)25-14-16-36-90/h11-13,22-23,49-51,54-68,70-71,113,115H,9-10,14-21,24-48,90-91H2,1-8H3,(H2,92,118)(H,96,128)(H,97,114)(H,98,129)(H,99,120)(H,100,124)(H,101,122)(H,102,130)(H,103,121)(H,104,127)(H,105,123)(H,106,126)(H,107,119)(H,108,125)(H,116,117)(H4,93,94,95)/t51?,54-,55-,56-,57-,58?,59-,60?,61-,62-,63-,64-,65-,66-,67-,68?,70-,71-/m0/s1. The van der Waals surface area contributed by atoms with Crippen molar-refractivity contribution in [2.45, 2.75) is 311 Å². The Morgan fingerprint density at radius 3 is 1.75 bits per heavy atom. The fraction of sp³-hybridized carbons (Fsp3) is 0.708. The van der Waals surface area contributed by atoms with Gasteiger partial charge in [0.05, 0.1) is 12.7 Å². The summed E-state index contributed by atoms with van der Waals surface area (Å²) in [5, 5.41) is 77.4. The van der Waals surface area contributed by atoms with Gasteiger partial charge in [0.15, 0.2) is 5.96 Å². The molecule has 26 N–H and O–H groups in total. The fourth-order valence-electron chi connectivity index (χ4n) is 16.9. The number of carboxylic acid groups (broad SMARTS) is 1. The Morgan fingerprint density at radius 1 is 0.577 bits per heavy atom. The highest BCUT2D eigenvalue weighted by molar-refractivity contribution is 8.76.